The average molecular weight is 275 g/mol. The molecule has 3 atom stereocenters. The molecule has 0 bridgehead atoms. The van der Waals surface area contributed by atoms with Gasteiger partial charge in [-0.2, -0.15) is 0 Å². The first-order chi connectivity index (χ1) is 9.78. The molecule has 2 aliphatic rings. The van der Waals surface area contributed by atoms with Crippen molar-refractivity contribution in [3.8, 4) is 5.75 Å². The van der Waals surface area contributed by atoms with E-state index in [2.05, 4.69) is 11.4 Å². The highest BCUT2D eigenvalue weighted by molar-refractivity contribution is 5.38. The number of nitrogens with one attached hydrogen (secondary N) is 1. The Morgan fingerprint density at radius 1 is 1.10 bits per heavy atom. The first-order valence-electron chi connectivity index (χ1n) is 7.94. The van der Waals surface area contributed by atoms with E-state index in [-0.39, 0.29) is 0 Å². The van der Waals surface area contributed by atoms with E-state index in [1.165, 1.54) is 36.8 Å². The molecule has 0 spiro atoms. The smallest absolute Gasteiger partial charge is 0.115 e. The second kappa shape index (κ2) is 6.15. The molecule has 0 aliphatic heterocycles. The van der Waals surface area contributed by atoms with Crippen molar-refractivity contribution in [2.45, 2.75) is 44.6 Å². The second-order valence-electron chi connectivity index (χ2n) is 6.37. The molecule has 2 aliphatic carbocycles. The normalized spacial score (nSPS) is 29.4. The maximum Gasteiger partial charge on any atom is 0.115 e. The monoisotopic (exact) mass is 275 g/mol. The van der Waals surface area contributed by atoms with Crippen molar-refractivity contribution in [3.05, 3.63) is 29.3 Å². The van der Waals surface area contributed by atoms with Crippen LogP contribution in [0.5, 0.6) is 5.75 Å². The third kappa shape index (κ3) is 2.84. The van der Waals surface area contributed by atoms with Crippen LogP contribution in [0.3, 0.4) is 0 Å². The molecule has 0 aromatic heterocycles. The van der Waals surface area contributed by atoms with E-state index in [0.29, 0.717) is 30.2 Å². The highest BCUT2D eigenvalue weighted by atomic mass is 16.3. The lowest BCUT2D eigenvalue weighted by molar-refractivity contribution is 0.189. The molecule has 1 fully saturated rings. The Hall–Kier alpha value is -1.06. The first-order valence-corrected chi connectivity index (χ1v) is 7.94. The molecule has 1 aromatic carbocycles. The molecule has 0 radical (unpaired) electrons. The minimum atomic E-state index is 0.328. The Balaban J connectivity index is 1.66. The second-order valence-corrected chi connectivity index (χ2v) is 6.37. The number of phenols is 1. The summed E-state index contributed by atoms with van der Waals surface area (Å²) in [6.07, 6.45) is 7.13. The molecule has 1 aromatic rings. The van der Waals surface area contributed by atoms with Gasteiger partial charge in [0.1, 0.15) is 5.75 Å². The van der Waals surface area contributed by atoms with E-state index in [1.807, 2.05) is 6.07 Å². The zero-order valence-corrected chi connectivity index (χ0v) is 12.0. The van der Waals surface area contributed by atoms with Gasteiger partial charge in [0, 0.05) is 12.6 Å². The summed E-state index contributed by atoms with van der Waals surface area (Å²) in [6, 6.07) is 6.14. The number of hydrogen-bond donors (Lipinski definition) is 3. The van der Waals surface area contributed by atoms with Gasteiger partial charge in [0.15, 0.2) is 0 Å². The van der Waals surface area contributed by atoms with Crippen LogP contribution in [0.4, 0.5) is 0 Å². The number of aliphatic hydroxyl groups is 1. The largest absolute Gasteiger partial charge is 0.508 e. The third-order valence-corrected chi connectivity index (χ3v) is 5.12. The molecule has 3 unspecified atom stereocenters. The van der Waals surface area contributed by atoms with Crippen molar-refractivity contribution in [1.29, 1.82) is 0 Å². The lowest BCUT2D eigenvalue weighted by atomic mass is 9.87. The van der Waals surface area contributed by atoms with Crippen molar-refractivity contribution < 1.29 is 10.2 Å². The fourth-order valence-corrected chi connectivity index (χ4v) is 3.91. The summed E-state index contributed by atoms with van der Waals surface area (Å²) < 4.78 is 0. The minimum absolute atomic E-state index is 0.328. The zero-order chi connectivity index (χ0) is 13.9. The molecular weight excluding hydrogens is 250 g/mol. The van der Waals surface area contributed by atoms with Gasteiger partial charge in [-0.05, 0) is 73.7 Å². The van der Waals surface area contributed by atoms with E-state index < -0.39 is 0 Å². The molecule has 20 heavy (non-hydrogen) atoms. The lowest BCUT2D eigenvalue weighted by Crippen LogP contribution is -2.32. The number of fused-ring (bicyclic) bond motifs is 1. The average Bonchev–Trinajstić information content (AvgIpc) is 2.92. The minimum Gasteiger partial charge on any atom is -0.508 e. The number of aryl methyl sites for hydroxylation is 1. The summed E-state index contributed by atoms with van der Waals surface area (Å²) >= 11 is 0. The Morgan fingerprint density at radius 3 is 2.80 bits per heavy atom. The van der Waals surface area contributed by atoms with Crippen LogP contribution in [0.15, 0.2) is 18.2 Å². The third-order valence-electron chi connectivity index (χ3n) is 5.12. The summed E-state index contributed by atoms with van der Waals surface area (Å²) in [6.45, 7) is 1.32. The van der Waals surface area contributed by atoms with E-state index in [9.17, 15) is 10.2 Å². The summed E-state index contributed by atoms with van der Waals surface area (Å²) in [4.78, 5) is 0. The van der Waals surface area contributed by atoms with Crippen molar-refractivity contribution in [2.75, 3.05) is 13.2 Å². The van der Waals surface area contributed by atoms with E-state index in [4.69, 9.17) is 0 Å². The van der Waals surface area contributed by atoms with Crippen LogP contribution < -0.4 is 5.32 Å². The van der Waals surface area contributed by atoms with Crippen molar-refractivity contribution in [3.63, 3.8) is 0 Å². The van der Waals surface area contributed by atoms with E-state index in [1.54, 1.807) is 6.07 Å². The van der Waals surface area contributed by atoms with E-state index >= 15 is 0 Å². The first kappa shape index (κ1) is 13.9. The number of phenolic OH excluding ortho intramolecular Hbond substituents is 1. The molecule has 3 heteroatoms. The molecule has 0 saturated heterocycles. The SMILES string of the molecule is OCC1CCCC1CNC1CCCc2ccc(O)cc21. The zero-order valence-electron chi connectivity index (χ0n) is 12.0. The molecule has 3 nitrogen and oxygen atoms in total. The van der Waals surface area contributed by atoms with Crippen molar-refractivity contribution >= 4 is 0 Å². The van der Waals surface area contributed by atoms with Gasteiger partial charge in [-0.25, -0.2) is 0 Å². The van der Waals surface area contributed by atoms with E-state index in [0.717, 1.165) is 19.4 Å². The number of hydrogen-bond acceptors (Lipinski definition) is 3. The summed E-state index contributed by atoms with van der Waals surface area (Å²) in [7, 11) is 0. The summed E-state index contributed by atoms with van der Waals surface area (Å²) in [5.74, 6) is 1.46. The Labute approximate surface area is 121 Å². The topological polar surface area (TPSA) is 52.5 Å². The highest BCUT2D eigenvalue weighted by Crippen LogP contribution is 2.34. The van der Waals surface area contributed by atoms with Crippen molar-refractivity contribution in [1.82, 2.24) is 5.32 Å². The number of benzene rings is 1. The standard InChI is InChI=1S/C17H25NO2/c19-11-14-5-1-4-13(14)10-18-17-6-2-3-12-7-8-15(20)9-16(12)17/h7-9,13-14,17-20H,1-6,10-11H2. The molecule has 0 heterocycles. The fraction of sp³-hybridized carbons (Fsp3) is 0.647. The van der Waals surface area contributed by atoms with Crippen LogP contribution in [0, 0.1) is 11.8 Å². The van der Waals surface area contributed by atoms with Crippen molar-refractivity contribution in [2.24, 2.45) is 11.8 Å². The van der Waals surface area contributed by atoms with Gasteiger partial charge < -0.3 is 15.5 Å². The summed E-state index contributed by atoms with van der Waals surface area (Å²) in [5, 5.41) is 22.8. The molecule has 0 amide bonds. The highest BCUT2D eigenvalue weighted by Gasteiger charge is 2.28. The number of aliphatic hydroxyl groups excluding tert-OH is 1. The van der Waals surface area contributed by atoms with Crippen LogP contribution in [0.1, 0.15) is 49.3 Å². The summed E-state index contributed by atoms with van der Waals surface area (Å²) in [5.41, 5.74) is 2.64. The predicted molar refractivity (Wildman–Crippen MR) is 79.7 cm³/mol. The Morgan fingerprint density at radius 2 is 1.95 bits per heavy atom. The maximum atomic E-state index is 9.71. The molecule has 3 rings (SSSR count). The van der Waals surface area contributed by atoms with Crippen LogP contribution in [-0.4, -0.2) is 23.4 Å². The van der Waals surface area contributed by atoms with Crippen LogP contribution in [0.25, 0.3) is 0 Å². The quantitative estimate of drug-likeness (QED) is 0.792. The molecular formula is C17H25NO2. The van der Waals surface area contributed by atoms with Gasteiger partial charge >= 0.3 is 0 Å². The predicted octanol–water partition coefficient (Wildman–Crippen LogP) is 2.77. The fourth-order valence-electron chi connectivity index (χ4n) is 3.91. The maximum absolute atomic E-state index is 9.71. The van der Waals surface area contributed by atoms with Gasteiger partial charge in [-0.3, -0.25) is 0 Å². The van der Waals surface area contributed by atoms with Gasteiger partial charge in [-0.1, -0.05) is 12.5 Å². The van der Waals surface area contributed by atoms with Crippen LogP contribution >= 0.6 is 0 Å². The van der Waals surface area contributed by atoms with Crippen LogP contribution in [0.2, 0.25) is 0 Å². The Kier molecular flexibility index (Phi) is 4.27. The van der Waals surface area contributed by atoms with Gasteiger partial charge in [-0.15, -0.1) is 0 Å². The van der Waals surface area contributed by atoms with Gasteiger partial charge in [0.05, 0.1) is 0 Å². The molecule has 1 saturated carbocycles. The molecule has 110 valence electrons. The molecule has 3 N–H and O–H groups in total. The number of rotatable bonds is 4. The van der Waals surface area contributed by atoms with Gasteiger partial charge in [0.2, 0.25) is 0 Å². The van der Waals surface area contributed by atoms with Gasteiger partial charge in [0.25, 0.3) is 0 Å². The Bertz CT molecular complexity index is 460. The lowest BCUT2D eigenvalue weighted by Gasteiger charge is -2.29. The number of aromatic hydroxyl groups is 1. The van der Waals surface area contributed by atoms with Crippen LogP contribution in [-0.2, 0) is 6.42 Å².